The molecule has 0 aliphatic rings. The zero-order valence-electron chi connectivity index (χ0n) is 8.84. The maximum absolute atomic E-state index is 3.71. The van der Waals surface area contributed by atoms with Gasteiger partial charge in [0.05, 0.1) is 0 Å². The first-order chi connectivity index (χ1) is 6.20. The van der Waals surface area contributed by atoms with Gasteiger partial charge >= 0.3 is 0 Å². The van der Waals surface area contributed by atoms with E-state index in [9.17, 15) is 0 Å². The van der Waals surface area contributed by atoms with Crippen LogP contribution in [0, 0.1) is 5.92 Å². The molecule has 1 N–H and O–H groups in total. The van der Waals surface area contributed by atoms with Gasteiger partial charge in [-0.1, -0.05) is 33.1 Å². The van der Waals surface area contributed by atoms with Gasteiger partial charge in [0.25, 0.3) is 0 Å². The standard InChI is InChI=1S/C12H21N/c1-5-8-12(6-2)13-10-7-9-11(3)4/h5-6,8,11,13H,1-2,7,9-10H2,3-4H3/b12-8+. The number of hydrogen-bond acceptors (Lipinski definition) is 1. The van der Waals surface area contributed by atoms with Gasteiger partial charge in [-0.25, -0.2) is 0 Å². The van der Waals surface area contributed by atoms with E-state index in [1.54, 1.807) is 6.08 Å². The molecule has 0 atom stereocenters. The lowest BCUT2D eigenvalue weighted by molar-refractivity contribution is 0.545. The van der Waals surface area contributed by atoms with Crippen LogP contribution in [0.25, 0.3) is 0 Å². The van der Waals surface area contributed by atoms with Crippen molar-refractivity contribution in [2.45, 2.75) is 26.7 Å². The highest BCUT2D eigenvalue weighted by Gasteiger charge is 1.93. The molecule has 0 amide bonds. The van der Waals surface area contributed by atoms with Crippen molar-refractivity contribution in [3.05, 3.63) is 37.1 Å². The smallest absolute Gasteiger partial charge is 0.0333 e. The van der Waals surface area contributed by atoms with Crippen LogP contribution in [0.1, 0.15) is 26.7 Å². The van der Waals surface area contributed by atoms with Crippen LogP contribution < -0.4 is 5.32 Å². The maximum atomic E-state index is 3.71. The molecule has 0 saturated heterocycles. The maximum Gasteiger partial charge on any atom is 0.0333 e. The lowest BCUT2D eigenvalue weighted by Gasteiger charge is -2.07. The molecular formula is C12H21N. The lowest BCUT2D eigenvalue weighted by atomic mass is 10.1. The van der Waals surface area contributed by atoms with Crippen LogP contribution in [0.15, 0.2) is 37.1 Å². The van der Waals surface area contributed by atoms with Gasteiger partial charge in [0.2, 0.25) is 0 Å². The fourth-order valence-electron chi connectivity index (χ4n) is 1.07. The zero-order chi connectivity index (χ0) is 10.1. The predicted molar refractivity (Wildman–Crippen MR) is 60.6 cm³/mol. The Morgan fingerprint density at radius 1 is 1.38 bits per heavy atom. The molecule has 0 aliphatic carbocycles. The third-order valence-electron chi connectivity index (χ3n) is 1.80. The fraction of sp³-hybridized carbons (Fsp3) is 0.500. The SMILES string of the molecule is C=C/C=C(\C=C)NCCCC(C)C. The van der Waals surface area contributed by atoms with Crippen molar-refractivity contribution < 1.29 is 0 Å². The molecular weight excluding hydrogens is 158 g/mol. The molecule has 0 aliphatic heterocycles. The third-order valence-corrected chi connectivity index (χ3v) is 1.80. The van der Waals surface area contributed by atoms with Gasteiger partial charge in [-0.3, -0.25) is 0 Å². The molecule has 0 saturated carbocycles. The molecule has 0 radical (unpaired) electrons. The van der Waals surface area contributed by atoms with Crippen LogP contribution in [-0.4, -0.2) is 6.54 Å². The second kappa shape index (κ2) is 7.66. The summed E-state index contributed by atoms with van der Waals surface area (Å²) in [7, 11) is 0. The van der Waals surface area contributed by atoms with E-state index in [0.717, 1.165) is 18.2 Å². The van der Waals surface area contributed by atoms with E-state index in [-0.39, 0.29) is 0 Å². The highest BCUT2D eigenvalue weighted by Crippen LogP contribution is 2.02. The Bertz CT molecular complexity index is 178. The van der Waals surface area contributed by atoms with Crippen molar-refractivity contribution in [2.75, 3.05) is 6.54 Å². The second-order valence-corrected chi connectivity index (χ2v) is 3.52. The van der Waals surface area contributed by atoms with E-state index in [2.05, 4.69) is 32.3 Å². The van der Waals surface area contributed by atoms with Crippen molar-refractivity contribution in [2.24, 2.45) is 5.92 Å². The van der Waals surface area contributed by atoms with Crippen LogP contribution >= 0.6 is 0 Å². The highest BCUT2D eigenvalue weighted by molar-refractivity contribution is 5.18. The molecule has 0 rings (SSSR count). The Balaban J connectivity index is 3.56. The summed E-state index contributed by atoms with van der Waals surface area (Å²) in [5.74, 6) is 0.789. The first-order valence-electron chi connectivity index (χ1n) is 4.89. The first kappa shape index (κ1) is 12.0. The summed E-state index contributed by atoms with van der Waals surface area (Å²) in [4.78, 5) is 0. The monoisotopic (exact) mass is 179 g/mol. The van der Waals surface area contributed by atoms with Crippen molar-refractivity contribution in [1.29, 1.82) is 0 Å². The van der Waals surface area contributed by atoms with Crippen molar-refractivity contribution >= 4 is 0 Å². The van der Waals surface area contributed by atoms with Crippen LogP contribution in [0.2, 0.25) is 0 Å². The van der Waals surface area contributed by atoms with E-state index in [0.29, 0.717) is 0 Å². The van der Waals surface area contributed by atoms with Gasteiger partial charge in [0.15, 0.2) is 0 Å². The molecule has 0 bridgehead atoms. The molecule has 1 heteroatoms. The van der Waals surface area contributed by atoms with Gasteiger partial charge in [0, 0.05) is 12.2 Å². The molecule has 0 unspecified atom stereocenters. The number of allylic oxidation sites excluding steroid dienone is 3. The molecule has 0 aromatic rings. The minimum Gasteiger partial charge on any atom is -0.385 e. The lowest BCUT2D eigenvalue weighted by Crippen LogP contribution is -2.13. The quantitative estimate of drug-likeness (QED) is 0.467. The van der Waals surface area contributed by atoms with Crippen LogP contribution in [0.4, 0.5) is 0 Å². The number of nitrogens with one attached hydrogen (secondary N) is 1. The summed E-state index contributed by atoms with van der Waals surface area (Å²) < 4.78 is 0. The van der Waals surface area contributed by atoms with Crippen molar-refractivity contribution in [3.63, 3.8) is 0 Å². The Kier molecular flexibility index (Phi) is 7.08. The van der Waals surface area contributed by atoms with E-state index >= 15 is 0 Å². The summed E-state index contributed by atoms with van der Waals surface area (Å²) in [6.07, 6.45) is 8.00. The Morgan fingerprint density at radius 2 is 2.08 bits per heavy atom. The van der Waals surface area contributed by atoms with Crippen LogP contribution in [0.5, 0.6) is 0 Å². The summed E-state index contributed by atoms with van der Waals surface area (Å²) in [6, 6.07) is 0. The molecule has 0 spiro atoms. The highest BCUT2D eigenvalue weighted by atomic mass is 14.9. The van der Waals surface area contributed by atoms with Gasteiger partial charge in [-0.05, 0) is 30.9 Å². The van der Waals surface area contributed by atoms with E-state index in [1.165, 1.54) is 12.8 Å². The molecule has 0 aromatic heterocycles. The van der Waals surface area contributed by atoms with Gasteiger partial charge in [-0.15, -0.1) is 0 Å². The molecule has 0 fully saturated rings. The molecule has 13 heavy (non-hydrogen) atoms. The van der Waals surface area contributed by atoms with Crippen molar-refractivity contribution in [3.8, 4) is 0 Å². The van der Waals surface area contributed by atoms with Crippen molar-refractivity contribution in [1.82, 2.24) is 5.32 Å². The summed E-state index contributed by atoms with van der Waals surface area (Å²) >= 11 is 0. The minimum absolute atomic E-state index is 0.789. The largest absolute Gasteiger partial charge is 0.385 e. The zero-order valence-corrected chi connectivity index (χ0v) is 8.84. The Labute approximate surface area is 82.2 Å². The van der Waals surface area contributed by atoms with E-state index in [1.807, 2.05) is 12.2 Å². The average molecular weight is 179 g/mol. The topological polar surface area (TPSA) is 12.0 Å². The predicted octanol–water partition coefficient (Wildman–Crippen LogP) is 3.27. The minimum atomic E-state index is 0.789. The van der Waals surface area contributed by atoms with Gasteiger partial charge in [0.1, 0.15) is 0 Å². The van der Waals surface area contributed by atoms with Crippen LogP contribution in [0.3, 0.4) is 0 Å². The normalized spacial score (nSPS) is 11.5. The molecule has 0 aromatic carbocycles. The van der Waals surface area contributed by atoms with E-state index < -0.39 is 0 Å². The third kappa shape index (κ3) is 7.38. The van der Waals surface area contributed by atoms with E-state index in [4.69, 9.17) is 0 Å². The van der Waals surface area contributed by atoms with Gasteiger partial charge < -0.3 is 5.32 Å². The van der Waals surface area contributed by atoms with Gasteiger partial charge in [-0.2, -0.15) is 0 Å². The molecule has 0 heterocycles. The average Bonchev–Trinajstić information content (AvgIpc) is 2.10. The molecule has 74 valence electrons. The fourth-order valence-corrected chi connectivity index (χ4v) is 1.07. The summed E-state index contributed by atoms with van der Waals surface area (Å²) in [6.45, 7) is 12.9. The molecule has 1 nitrogen and oxygen atoms in total. The summed E-state index contributed by atoms with van der Waals surface area (Å²) in [5, 5.41) is 3.30. The van der Waals surface area contributed by atoms with Crippen LogP contribution in [-0.2, 0) is 0 Å². The summed E-state index contributed by atoms with van der Waals surface area (Å²) in [5.41, 5.74) is 1.05. The Morgan fingerprint density at radius 3 is 2.54 bits per heavy atom. The number of hydrogen-bond donors (Lipinski definition) is 1. The number of rotatable bonds is 7. The first-order valence-corrected chi connectivity index (χ1v) is 4.89. The Hall–Kier alpha value is -0.980. The second-order valence-electron chi connectivity index (χ2n) is 3.52.